The minimum Gasteiger partial charge on any atom is -0.344 e. The molecule has 0 saturated carbocycles. The topological polar surface area (TPSA) is 102 Å². The zero-order chi connectivity index (χ0) is 10.8. The predicted octanol–water partition coefficient (Wildman–Crippen LogP) is 0.802. The molecule has 0 aliphatic carbocycles. The van der Waals surface area contributed by atoms with Crippen molar-refractivity contribution in [2.75, 3.05) is 28.3 Å². The number of hydrogen-bond donors (Lipinski definition) is 2. The molecule has 4 N–H and O–H groups in total. The average Bonchev–Trinajstić information content (AvgIpc) is 1.90. The first kappa shape index (κ1) is 23.0. The zero-order valence-electron chi connectivity index (χ0n) is 9.23. The average molecular weight is 218 g/mol. The van der Waals surface area contributed by atoms with Crippen LogP contribution in [-0.2, 0) is 14.6 Å². The van der Waals surface area contributed by atoms with Crippen molar-refractivity contribution in [3.8, 4) is 0 Å². The van der Waals surface area contributed by atoms with Crippen molar-refractivity contribution < 1.29 is 17.2 Å². The lowest BCUT2D eigenvalue weighted by atomic mass is 11.0. The third-order valence-corrected chi connectivity index (χ3v) is 0.632. The molecule has 0 atom stereocenters. The van der Waals surface area contributed by atoms with Crippen LogP contribution in [-0.4, -0.2) is 46.1 Å². The van der Waals surface area contributed by atoms with E-state index in [1.165, 1.54) is 0 Å². The van der Waals surface area contributed by atoms with E-state index in [-0.39, 0.29) is 6.15 Å². The molecule has 0 fully saturated rings. The minimum absolute atomic E-state index is 0. The van der Waals surface area contributed by atoms with Gasteiger partial charge in [0.2, 0.25) is 0 Å². The van der Waals surface area contributed by atoms with Gasteiger partial charge in [-0.25, -0.2) is 0 Å². The van der Waals surface area contributed by atoms with Crippen molar-refractivity contribution >= 4 is 10.4 Å². The summed E-state index contributed by atoms with van der Waals surface area (Å²) in [6.45, 7) is 4.00. The lowest BCUT2D eigenvalue weighted by Gasteiger charge is -1.90. The Labute approximate surface area is 81.4 Å². The molecule has 0 aromatic heterocycles. The van der Waals surface area contributed by atoms with Crippen molar-refractivity contribution in [2.24, 2.45) is 0 Å². The molecule has 0 radical (unpaired) electrons. The van der Waals surface area contributed by atoms with Gasteiger partial charge in [0.15, 0.2) is 0 Å². The van der Waals surface area contributed by atoms with Crippen LogP contribution in [0.4, 0.5) is 0 Å². The summed E-state index contributed by atoms with van der Waals surface area (Å²) in [6, 6.07) is 0. The second kappa shape index (κ2) is 14.3. The minimum atomic E-state index is -4.16. The molecule has 86 valence electrons. The fourth-order valence-corrected chi connectivity index (χ4v) is 0. The molecule has 0 amide bonds. The van der Waals surface area contributed by atoms with Crippen LogP contribution in [0.25, 0.3) is 0 Å². The van der Waals surface area contributed by atoms with Gasteiger partial charge < -0.3 is 11.1 Å². The maximum atomic E-state index is 9.33. The smallest absolute Gasteiger partial charge is 0.344 e. The van der Waals surface area contributed by atoms with Crippen LogP contribution in [0.1, 0.15) is 13.8 Å². The van der Waals surface area contributed by atoms with Crippen molar-refractivity contribution in [3.63, 3.8) is 0 Å². The van der Waals surface area contributed by atoms with Gasteiger partial charge >= 0.3 is 10.4 Å². The molecule has 0 aliphatic rings. The molecule has 0 aliphatic heterocycles. The largest absolute Gasteiger partial charge is 0.397 e. The Balaban J connectivity index is -0.0000000512. The van der Waals surface area contributed by atoms with Crippen LogP contribution >= 0.6 is 0 Å². The van der Waals surface area contributed by atoms with E-state index in [9.17, 15) is 8.42 Å². The van der Waals surface area contributed by atoms with Gasteiger partial charge in [-0.05, 0) is 21.1 Å². The molecule has 0 aromatic carbocycles. The van der Waals surface area contributed by atoms with Crippen LogP contribution in [0.15, 0.2) is 0 Å². The van der Waals surface area contributed by atoms with E-state index in [1.54, 1.807) is 0 Å². The zero-order valence-corrected chi connectivity index (χ0v) is 10.1. The summed E-state index contributed by atoms with van der Waals surface area (Å²) in [6.07, 6.45) is 0. The second-order valence-electron chi connectivity index (χ2n) is 1.94. The third kappa shape index (κ3) is 145. The van der Waals surface area contributed by atoms with Gasteiger partial charge in [-0.3, -0.25) is 8.74 Å². The molecular formula is C6H22N2O4S. The Morgan fingerprint density at radius 2 is 1.23 bits per heavy atom. The monoisotopic (exact) mass is 218 g/mol. The van der Waals surface area contributed by atoms with Gasteiger partial charge in [-0.2, -0.15) is 8.42 Å². The summed E-state index contributed by atoms with van der Waals surface area (Å²) >= 11 is 0. The SMILES string of the molecule is CC.CN(C)C.COS(=O)(=O)O.N. The van der Waals surface area contributed by atoms with Crippen LogP contribution in [0, 0.1) is 0 Å². The molecule has 0 saturated heterocycles. The maximum Gasteiger partial charge on any atom is 0.397 e. The van der Waals surface area contributed by atoms with E-state index in [0.29, 0.717) is 0 Å². The van der Waals surface area contributed by atoms with Crippen molar-refractivity contribution in [2.45, 2.75) is 13.8 Å². The highest BCUT2D eigenvalue weighted by atomic mass is 32.3. The van der Waals surface area contributed by atoms with Gasteiger partial charge in [0.1, 0.15) is 0 Å². The number of rotatable bonds is 1. The standard InChI is InChI=1S/C3H9N.C2H6.CH4O4S.H3N/c1-4(2)3;1-2;1-5-6(2,3)4;/h1-3H3;1-2H3;1H3,(H,2,3,4);1H3. The summed E-state index contributed by atoms with van der Waals surface area (Å²) in [7, 11) is 2.71. The van der Waals surface area contributed by atoms with Crippen molar-refractivity contribution in [1.29, 1.82) is 0 Å². The van der Waals surface area contributed by atoms with Crippen LogP contribution in [0.5, 0.6) is 0 Å². The van der Waals surface area contributed by atoms with Crippen molar-refractivity contribution in [3.05, 3.63) is 0 Å². The first-order valence-electron chi connectivity index (χ1n) is 3.43. The molecule has 0 rings (SSSR count). The van der Waals surface area contributed by atoms with E-state index in [1.807, 2.05) is 39.9 Å². The van der Waals surface area contributed by atoms with E-state index >= 15 is 0 Å². The summed E-state index contributed by atoms with van der Waals surface area (Å²) in [4.78, 5) is 2.00. The van der Waals surface area contributed by atoms with Gasteiger partial charge in [0.25, 0.3) is 0 Å². The molecular weight excluding hydrogens is 196 g/mol. The maximum absolute atomic E-state index is 9.33. The van der Waals surface area contributed by atoms with Crippen LogP contribution < -0.4 is 6.15 Å². The second-order valence-corrected chi connectivity index (χ2v) is 3.12. The molecule has 0 heterocycles. The Morgan fingerprint density at radius 1 is 1.15 bits per heavy atom. The first-order valence-corrected chi connectivity index (χ1v) is 4.80. The summed E-state index contributed by atoms with van der Waals surface area (Å²) in [5, 5.41) is 0. The molecule has 0 aromatic rings. The van der Waals surface area contributed by atoms with E-state index in [4.69, 9.17) is 4.55 Å². The Morgan fingerprint density at radius 3 is 1.23 bits per heavy atom. The number of nitrogens with zero attached hydrogens (tertiary/aromatic N) is 1. The lowest BCUT2D eigenvalue weighted by Crippen LogP contribution is -1.99. The number of hydrogen-bond acceptors (Lipinski definition) is 5. The van der Waals surface area contributed by atoms with Crippen LogP contribution in [0.2, 0.25) is 0 Å². The Bertz CT molecular complexity index is 153. The quantitative estimate of drug-likeness (QED) is 0.631. The highest BCUT2D eigenvalue weighted by Crippen LogP contribution is 1.74. The molecule has 13 heavy (non-hydrogen) atoms. The lowest BCUT2D eigenvalue weighted by molar-refractivity contribution is 0.324. The molecule has 7 heteroatoms. The highest BCUT2D eigenvalue weighted by Gasteiger charge is 1.93. The molecule has 0 bridgehead atoms. The normalized spacial score (nSPS) is 8.62. The summed E-state index contributed by atoms with van der Waals surface area (Å²) < 4.78 is 29.7. The molecule has 6 nitrogen and oxygen atoms in total. The van der Waals surface area contributed by atoms with Gasteiger partial charge in [0.05, 0.1) is 7.11 Å². The van der Waals surface area contributed by atoms with E-state index < -0.39 is 10.4 Å². The van der Waals surface area contributed by atoms with Crippen molar-refractivity contribution in [1.82, 2.24) is 11.1 Å². The van der Waals surface area contributed by atoms with Gasteiger partial charge in [-0.15, -0.1) is 0 Å². The van der Waals surface area contributed by atoms with Crippen LogP contribution in [0.3, 0.4) is 0 Å². The first-order chi connectivity index (χ1) is 5.29. The molecule has 0 spiro atoms. The predicted molar refractivity (Wildman–Crippen MR) is 54.5 cm³/mol. The summed E-state index contributed by atoms with van der Waals surface area (Å²) in [5.74, 6) is 0. The van der Waals surface area contributed by atoms with Gasteiger partial charge in [0, 0.05) is 0 Å². The van der Waals surface area contributed by atoms with E-state index in [0.717, 1.165) is 7.11 Å². The fourth-order valence-electron chi connectivity index (χ4n) is 0. The summed E-state index contributed by atoms with van der Waals surface area (Å²) in [5.41, 5.74) is 0. The third-order valence-electron chi connectivity index (χ3n) is 0.211. The highest BCUT2D eigenvalue weighted by molar-refractivity contribution is 7.80. The Kier molecular flexibility index (Phi) is 25.3. The fraction of sp³-hybridized carbons (Fsp3) is 1.00. The molecule has 0 unspecified atom stereocenters. The van der Waals surface area contributed by atoms with Gasteiger partial charge in [-0.1, -0.05) is 13.8 Å². The van der Waals surface area contributed by atoms with E-state index in [2.05, 4.69) is 4.18 Å². The Hall–Kier alpha value is -0.210.